The van der Waals surface area contributed by atoms with E-state index in [1.807, 2.05) is 14.0 Å². The summed E-state index contributed by atoms with van der Waals surface area (Å²) in [7, 11) is 0.372. The van der Waals surface area contributed by atoms with Gasteiger partial charge in [-0.1, -0.05) is 6.92 Å². The highest BCUT2D eigenvalue weighted by atomic mass is 32.2. The molecule has 0 aliphatic carbocycles. The molecule has 0 aromatic carbocycles. The fourth-order valence-corrected chi connectivity index (χ4v) is 3.57. The molecule has 0 radical (unpaired) electrons. The molecule has 1 aliphatic rings. The average Bonchev–Trinajstić information content (AvgIpc) is 2.15. The third-order valence-corrected chi connectivity index (χ3v) is 4.58. The van der Waals surface area contributed by atoms with Crippen LogP contribution in [0.25, 0.3) is 0 Å². The van der Waals surface area contributed by atoms with Crippen molar-refractivity contribution in [2.24, 2.45) is 5.92 Å². The Morgan fingerprint density at radius 3 is 2.60 bits per heavy atom. The first-order chi connectivity index (χ1) is 7.02. The standard InChI is InChI=1S/C9H21N3O2S/c1-4-5-12-8-9(6-10-2)7-11(3)15(12,13)14/h9-10H,4-8H2,1-3H3. The Morgan fingerprint density at radius 2 is 2.07 bits per heavy atom. The summed E-state index contributed by atoms with van der Waals surface area (Å²) in [5.74, 6) is 0.384. The van der Waals surface area contributed by atoms with Crippen molar-refractivity contribution in [1.29, 1.82) is 0 Å². The third-order valence-electron chi connectivity index (χ3n) is 2.66. The zero-order chi connectivity index (χ0) is 11.5. The molecule has 0 spiro atoms. The van der Waals surface area contributed by atoms with Crippen molar-refractivity contribution in [2.75, 3.05) is 40.3 Å². The normalized spacial score (nSPS) is 28.1. The van der Waals surface area contributed by atoms with Crippen LogP contribution in [0, 0.1) is 5.92 Å². The first-order valence-corrected chi connectivity index (χ1v) is 6.78. The van der Waals surface area contributed by atoms with Gasteiger partial charge in [0.25, 0.3) is 10.2 Å². The number of hydrogen-bond donors (Lipinski definition) is 1. The molecule has 6 heteroatoms. The number of rotatable bonds is 4. The summed E-state index contributed by atoms with van der Waals surface area (Å²) in [6.07, 6.45) is 0.860. The van der Waals surface area contributed by atoms with Gasteiger partial charge in [0.05, 0.1) is 0 Å². The molecule has 1 aliphatic heterocycles. The summed E-state index contributed by atoms with van der Waals surface area (Å²) < 4.78 is 26.8. The van der Waals surface area contributed by atoms with Crippen LogP contribution in [0.1, 0.15) is 13.3 Å². The van der Waals surface area contributed by atoms with E-state index < -0.39 is 10.2 Å². The van der Waals surface area contributed by atoms with Crippen molar-refractivity contribution < 1.29 is 8.42 Å². The zero-order valence-corrected chi connectivity index (χ0v) is 10.5. The van der Waals surface area contributed by atoms with Gasteiger partial charge in [0.2, 0.25) is 0 Å². The smallest absolute Gasteiger partial charge is 0.281 e. The molecule has 1 saturated heterocycles. The number of nitrogens with one attached hydrogen (secondary N) is 1. The molecule has 1 N–H and O–H groups in total. The summed E-state index contributed by atoms with van der Waals surface area (Å²) in [6, 6.07) is 0. The molecule has 90 valence electrons. The van der Waals surface area contributed by atoms with Crippen molar-refractivity contribution >= 4 is 10.2 Å². The second-order valence-electron chi connectivity index (χ2n) is 4.07. The van der Waals surface area contributed by atoms with Crippen LogP contribution < -0.4 is 5.32 Å². The van der Waals surface area contributed by atoms with Gasteiger partial charge in [-0.3, -0.25) is 0 Å². The van der Waals surface area contributed by atoms with Crippen LogP contribution in [-0.2, 0) is 10.2 Å². The van der Waals surface area contributed by atoms with Crippen LogP contribution >= 0.6 is 0 Å². The molecule has 1 atom stereocenters. The fraction of sp³-hybridized carbons (Fsp3) is 1.00. The maximum Gasteiger partial charge on any atom is 0.281 e. The summed E-state index contributed by atoms with van der Waals surface area (Å²) in [4.78, 5) is 0. The first kappa shape index (κ1) is 12.9. The first-order valence-electron chi connectivity index (χ1n) is 5.38. The fourth-order valence-electron chi connectivity index (χ4n) is 1.97. The molecule has 0 aromatic heterocycles. The zero-order valence-electron chi connectivity index (χ0n) is 9.73. The predicted octanol–water partition coefficient (Wildman–Crippen LogP) is -0.276. The summed E-state index contributed by atoms with van der Waals surface area (Å²) in [5, 5.41) is 3.10. The monoisotopic (exact) mass is 235 g/mol. The van der Waals surface area contributed by atoms with Gasteiger partial charge in [-0.25, -0.2) is 0 Å². The van der Waals surface area contributed by atoms with Crippen molar-refractivity contribution in [1.82, 2.24) is 13.9 Å². The lowest BCUT2D eigenvalue weighted by Gasteiger charge is -2.37. The molecule has 0 bridgehead atoms. The lowest BCUT2D eigenvalue weighted by Crippen LogP contribution is -2.53. The largest absolute Gasteiger partial charge is 0.319 e. The topological polar surface area (TPSA) is 52.6 Å². The molecule has 1 rings (SSSR count). The van der Waals surface area contributed by atoms with Crippen molar-refractivity contribution in [2.45, 2.75) is 13.3 Å². The highest BCUT2D eigenvalue weighted by molar-refractivity contribution is 7.86. The van der Waals surface area contributed by atoms with Crippen molar-refractivity contribution in [3.8, 4) is 0 Å². The predicted molar refractivity (Wildman–Crippen MR) is 60.8 cm³/mol. The Bertz CT molecular complexity index is 292. The maximum absolute atomic E-state index is 11.9. The molecule has 5 nitrogen and oxygen atoms in total. The molecule has 0 saturated carbocycles. The van der Waals surface area contributed by atoms with Crippen molar-refractivity contribution in [3.63, 3.8) is 0 Å². The Hall–Kier alpha value is -0.170. The highest BCUT2D eigenvalue weighted by Crippen LogP contribution is 2.18. The minimum Gasteiger partial charge on any atom is -0.319 e. The van der Waals surface area contributed by atoms with E-state index in [0.717, 1.165) is 13.0 Å². The molecule has 1 heterocycles. The van der Waals surface area contributed by atoms with Gasteiger partial charge in [-0.05, 0) is 19.4 Å². The van der Waals surface area contributed by atoms with E-state index in [1.165, 1.54) is 4.31 Å². The van der Waals surface area contributed by atoms with Gasteiger partial charge in [0, 0.05) is 33.2 Å². The third kappa shape index (κ3) is 2.90. The molecule has 0 amide bonds. The van der Waals surface area contributed by atoms with Gasteiger partial charge < -0.3 is 5.32 Å². The van der Waals surface area contributed by atoms with E-state index in [1.54, 1.807) is 11.4 Å². The lowest BCUT2D eigenvalue weighted by atomic mass is 10.1. The van der Waals surface area contributed by atoms with E-state index >= 15 is 0 Å². The molecular weight excluding hydrogens is 214 g/mol. The second kappa shape index (κ2) is 5.25. The van der Waals surface area contributed by atoms with Crippen LogP contribution in [-0.4, -0.2) is 57.3 Å². The maximum atomic E-state index is 11.9. The molecular formula is C9H21N3O2S. The van der Waals surface area contributed by atoms with E-state index in [0.29, 0.717) is 25.6 Å². The van der Waals surface area contributed by atoms with E-state index in [9.17, 15) is 8.42 Å². The minimum absolute atomic E-state index is 0.384. The second-order valence-corrected chi connectivity index (χ2v) is 6.11. The number of nitrogens with zero attached hydrogens (tertiary/aromatic N) is 2. The summed E-state index contributed by atoms with van der Waals surface area (Å²) in [6.45, 7) is 4.73. The summed E-state index contributed by atoms with van der Waals surface area (Å²) in [5.41, 5.74) is 0. The average molecular weight is 235 g/mol. The van der Waals surface area contributed by atoms with Crippen LogP contribution in [0.3, 0.4) is 0 Å². The Labute approximate surface area is 92.6 Å². The van der Waals surface area contributed by atoms with Crippen LogP contribution in [0.15, 0.2) is 0 Å². The SMILES string of the molecule is CCCN1CC(CNC)CN(C)S1(=O)=O. The highest BCUT2D eigenvalue weighted by Gasteiger charge is 2.34. The molecule has 1 unspecified atom stereocenters. The van der Waals surface area contributed by atoms with Gasteiger partial charge in [-0.15, -0.1) is 0 Å². The van der Waals surface area contributed by atoms with E-state index in [2.05, 4.69) is 5.32 Å². The van der Waals surface area contributed by atoms with Gasteiger partial charge in [-0.2, -0.15) is 17.0 Å². The lowest BCUT2D eigenvalue weighted by molar-refractivity contribution is 0.240. The van der Waals surface area contributed by atoms with E-state index in [-0.39, 0.29) is 0 Å². The molecule has 15 heavy (non-hydrogen) atoms. The quantitative estimate of drug-likeness (QED) is 0.729. The molecule has 0 aromatic rings. The van der Waals surface area contributed by atoms with Gasteiger partial charge >= 0.3 is 0 Å². The minimum atomic E-state index is -3.18. The van der Waals surface area contributed by atoms with Crippen molar-refractivity contribution in [3.05, 3.63) is 0 Å². The Kier molecular flexibility index (Phi) is 4.51. The van der Waals surface area contributed by atoms with Crippen LogP contribution in [0.4, 0.5) is 0 Å². The van der Waals surface area contributed by atoms with Gasteiger partial charge in [0.15, 0.2) is 0 Å². The van der Waals surface area contributed by atoms with Gasteiger partial charge in [0.1, 0.15) is 0 Å². The Balaban J connectivity index is 2.73. The summed E-state index contributed by atoms with van der Waals surface area (Å²) >= 11 is 0. The Morgan fingerprint density at radius 1 is 1.40 bits per heavy atom. The molecule has 1 fully saturated rings. The van der Waals surface area contributed by atoms with Crippen LogP contribution in [0.2, 0.25) is 0 Å². The number of hydrogen-bond acceptors (Lipinski definition) is 3. The van der Waals surface area contributed by atoms with E-state index in [4.69, 9.17) is 0 Å². The van der Waals surface area contributed by atoms with Crippen LogP contribution in [0.5, 0.6) is 0 Å².